The molecule has 0 aliphatic heterocycles. The average molecular weight is 217 g/mol. The first-order chi connectivity index (χ1) is 7.61. The second kappa shape index (κ2) is 5.08. The number of carbonyl (C=O) groups excluding carboxylic acids is 2. The monoisotopic (exact) mass is 217 g/mol. The first-order valence-electron chi connectivity index (χ1n) is 4.83. The predicted octanol–water partition coefficient (Wildman–Crippen LogP) is 1.61. The molecule has 1 aromatic rings. The number of hydrogen-bond donors (Lipinski definition) is 0. The molecule has 0 bridgehead atoms. The van der Waals surface area contributed by atoms with Gasteiger partial charge in [-0.25, -0.2) is 4.79 Å². The SMILES string of the molecule is CCOC(=O)C(=O)c1cccc(C#N)c1C. The maximum atomic E-state index is 11.6. The molecule has 0 unspecified atom stereocenters. The van der Waals surface area contributed by atoms with Gasteiger partial charge in [0.15, 0.2) is 0 Å². The van der Waals surface area contributed by atoms with Gasteiger partial charge in [-0.05, 0) is 25.5 Å². The molecule has 0 aliphatic rings. The summed E-state index contributed by atoms with van der Waals surface area (Å²) in [5, 5.41) is 8.79. The Morgan fingerprint density at radius 2 is 2.12 bits per heavy atom. The van der Waals surface area contributed by atoms with Gasteiger partial charge in [-0.3, -0.25) is 4.79 Å². The molecule has 0 radical (unpaired) electrons. The summed E-state index contributed by atoms with van der Waals surface area (Å²) in [6.45, 7) is 3.41. The lowest BCUT2D eigenvalue weighted by Gasteiger charge is -2.05. The Morgan fingerprint density at radius 3 is 2.69 bits per heavy atom. The second-order valence-electron chi connectivity index (χ2n) is 3.14. The van der Waals surface area contributed by atoms with E-state index >= 15 is 0 Å². The lowest BCUT2D eigenvalue weighted by molar-refractivity contribution is -0.137. The molecule has 0 aliphatic carbocycles. The summed E-state index contributed by atoms with van der Waals surface area (Å²) >= 11 is 0. The topological polar surface area (TPSA) is 67.2 Å². The van der Waals surface area contributed by atoms with Gasteiger partial charge in [-0.15, -0.1) is 0 Å². The summed E-state index contributed by atoms with van der Waals surface area (Å²) in [7, 11) is 0. The molecule has 1 aromatic carbocycles. The van der Waals surface area contributed by atoms with Gasteiger partial charge in [0.25, 0.3) is 5.78 Å². The summed E-state index contributed by atoms with van der Waals surface area (Å²) in [6, 6.07) is 6.63. The van der Waals surface area contributed by atoms with Crippen LogP contribution in [0.15, 0.2) is 18.2 Å². The van der Waals surface area contributed by atoms with E-state index in [-0.39, 0.29) is 12.2 Å². The number of benzene rings is 1. The Kier molecular flexibility index (Phi) is 3.78. The van der Waals surface area contributed by atoms with Crippen molar-refractivity contribution in [1.29, 1.82) is 5.26 Å². The maximum absolute atomic E-state index is 11.6. The van der Waals surface area contributed by atoms with E-state index in [1.807, 2.05) is 6.07 Å². The molecular weight excluding hydrogens is 206 g/mol. The van der Waals surface area contributed by atoms with Gasteiger partial charge >= 0.3 is 5.97 Å². The molecule has 0 aromatic heterocycles. The van der Waals surface area contributed by atoms with Crippen LogP contribution < -0.4 is 0 Å². The van der Waals surface area contributed by atoms with Gasteiger partial charge in [0.05, 0.1) is 18.2 Å². The van der Waals surface area contributed by atoms with Crippen molar-refractivity contribution in [1.82, 2.24) is 0 Å². The number of nitriles is 1. The first-order valence-corrected chi connectivity index (χ1v) is 4.83. The smallest absolute Gasteiger partial charge is 0.379 e. The largest absolute Gasteiger partial charge is 0.460 e. The van der Waals surface area contributed by atoms with Crippen LogP contribution in [0.4, 0.5) is 0 Å². The van der Waals surface area contributed by atoms with Crippen molar-refractivity contribution in [2.75, 3.05) is 6.61 Å². The number of esters is 1. The standard InChI is InChI=1S/C12H11NO3/c1-3-16-12(15)11(14)10-6-4-5-9(7-13)8(10)2/h4-6H,3H2,1-2H3. The number of ether oxygens (including phenoxy) is 1. The molecule has 0 fully saturated rings. The van der Waals surface area contributed by atoms with Crippen LogP contribution in [0, 0.1) is 18.3 Å². The van der Waals surface area contributed by atoms with Crippen molar-refractivity contribution in [3.05, 3.63) is 34.9 Å². The van der Waals surface area contributed by atoms with Crippen LogP contribution in [-0.2, 0) is 9.53 Å². The molecular formula is C12H11NO3. The number of Topliss-reactive ketones (excluding diaryl/α,β-unsaturated/α-hetero) is 1. The van der Waals surface area contributed by atoms with Crippen LogP contribution >= 0.6 is 0 Å². The predicted molar refractivity (Wildman–Crippen MR) is 56.9 cm³/mol. The Bertz CT molecular complexity index is 472. The van der Waals surface area contributed by atoms with Crippen molar-refractivity contribution in [2.24, 2.45) is 0 Å². The van der Waals surface area contributed by atoms with E-state index in [0.29, 0.717) is 11.1 Å². The summed E-state index contributed by atoms with van der Waals surface area (Å²) in [4.78, 5) is 22.9. The van der Waals surface area contributed by atoms with E-state index in [1.54, 1.807) is 26.0 Å². The van der Waals surface area contributed by atoms with Crippen molar-refractivity contribution in [2.45, 2.75) is 13.8 Å². The first kappa shape index (κ1) is 11.9. The molecule has 4 nitrogen and oxygen atoms in total. The summed E-state index contributed by atoms with van der Waals surface area (Å²) in [5.41, 5.74) is 1.11. The zero-order valence-corrected chi connectivity index (χ0v) is 9.11. The Labute approximate surface area is 93.5 Å². The summed E-state index contributed by atoms with van der Waals surface area (Å²) in [5.74, 6) is -1.60. The molecule has 0 N–H and O–H groups in total. The van der Waals surface area contributed by atoms with Crippen molar-refractivity contribution >= 4 is 11.8 Å². The van der Waals surface area contributed by atoms with Gasteiger partial charge in [-0.2, -0.15) is 5.26 Å². The third kappa shape index (κ3) is 2.26. The van der Waals surface area contributed by atoms with E-state index in [1.165, 1.54) is 6.07 Å². The normalized spacial score (nSPS) is 9.31. The molecule has 0 saturated carbocycles. The van der Waals surface area contributed by atoms with E-state index in [4.69, 9.17) is 5.26 Å². The lowest BCUT2D eigenvalue weighted by Crippen LogP contribution is -2.18. The Hall–Kier alpha value is -2.15. The third-order valence-corrected chi connectivity index (χ3v) is 2.16. The molecule has 0 saturated heterocycles. The summed E-state index contributed by atoms with van der Waals surface area (Å²) in [6.07, 6.45) is 0. The molecule has 4 heteroatoms. The van der Waals surface area contributed by atoms with E-state index in [9.17, 15) is 9.59 Å². The number of carbonyl (C=O) groups is 2. The van der Waals surface area contributed by atoms with Gasteiger partial charge in [0.1, 0.15) is 0 Å². The van der Waals surface area contributed by atoms with Crippen LogP contribution in [0.5, 0.6) is 0 Å². The Balaban J connectivity index is 3.11. The van der Waals surface area contributed by atoms with Crippen molar-refractivity contribution in [3.8, 4) is 6.07 Å². The number of hydrogen-bond acceptors (Lipinski definition) is 4. The fraction of sp³-hybridized carbons (Fsp3) is 0.250. The quantitative estimate of drug-likeness (QED) is 0.438. The highest BCUT2D eigenvalue weighted by Crippen LogP contribution is 2.14. The molecule has 16 heavy (non-hydrogen) atoms. The van der Waals surface area contributed by atoms with E-state index in [2.05, 4.69) is 4.74 Å². The van der Waals surface area contributed by atoms with Crippen LogP contribution in [0.2, 0.25) is 0 Å². The van der Waals surface area contributed by atoms with E-state index < -0.39 is 11.8 Å². The zero-order valence-electron chi connectivity index (χ0n) is 9.11. The molecule has 0 atom stereocenters. The van der Waals surface area contributed by atoms with E-state index in [0.717, 1.165) is 0 Å². The molecule has 0 heterocycles. The molecule has 0 amide bonds. The second-order valence-corrected chi connectivity index (χ2v) is 3.14. The molecule has 1 rings (SSSR count). The average Bonchev–Trinajstić information content (AvgIpc) is 2.29. The highest BCUT2D eigenvalue weighted by atomic mass is 16.5. The van der Waals surface area contributed by atoms with Crippen LogP contribution in [-0.4, -0.2) is 18.4 Å². The molecule has 82 valence electrons. The van der Waals surface area contributed by atoms with Crippen molar-refractivity contribution in [3.63, 3.8) is 0 Å². The number of ketones is 1. The maximum Gasteiger partial charge on any atom is 0.379 e. The molecule has 0 spiro atoms. The zero-order chi connectivity index (χ0) is 12.1. The van der Waals surface area contributed by atoms with Gasteiger partial charge in [-0.1, -0.05) is 12.1 Å². The van der Waals surface area contributed by atoms with Crippen LogP contribution in [0.3, 0.4) is 0 Å². The minimum atomic E-state index is -0.888. The Morgan fingerprint density at radius 1 is 1.44 bits per heavy atom. The van der Waals surface area contributed by atoms with Crippen LogP contribution in [0.1, 0.15) is 28.4 Å². The minimum absolute atomic E-state index is 0.154. The number of nitrogens with zero attached hydrogens (tertiary/aromatic N) is 1. The van der Waals surface area contributed by atoms with Gasteiger partial charge < -0.3 is 4.74 Å². The van der Waals surface area contributed by atoms with Gasteiger partial charge in [0.2, 0.25) is 0 Å². The summed E-state index contributed by atoms with van der Waals surface area (Å²) < 4.78 is 4.62. The minimum Gasteiger partial charge on any atom is -0.460 e. The highest BCUT2D eigenvalue weighted by molar-refractivity contribution is 6.41. The lowest BCUT2D eigenvalue weighted by atomic mass is 10.00. The highest BCUT2D eigenvalue weighted by Gasteiger charge is 2.20. The van der Waals surface area contributed by atoms with Gasteiger partial charge in [0, 0.05) is 5.56 Å². The number of rotatable bonds is 3. The fourth-order valence-corrected chi connectivity index (χ4v) is 1.31. The third-order valence-electron chi connectivity index (χ3n) is 2.16. The van der Waals surface area contributed by atoms with Crippen LogP contribution in [0.25, 0.3) is 0 Å². The fourth-order valence-electron chi connectivity index (χ4n) is 1.31. The van der Waals surface area contributed by atoms with Crippen molar-refractivity contribution < 1.29 is 14.3 Å².